The van der Waals surface area contributed by atoms with Crippen molar-refractivity contribution in [3.05, 3.63) is 0 Å². The van der Waals surface area contributed by atoms with Gasteiger partial charge in [0, 0.05) is 26.7 Å². The summed E-state index contributed by atoms with van der Waals surface area (Å²) in [7, 11) is 3.58. The molecule has 0 aromatic rings. The molecule has 1 aliphatic rings. The highest BCUT2D eigenvalue weighted by molar-refractivity contribution is 5.80. The minimum Gasteiger partial charge on any atom is -0.347 e. The molecular formula is C10H21N3O. The number of hydrogen-bond donors (Lipinski definition) is 2. The van der Waals surface area contributed by atoms with Gasteiger partial charge < -0.3 is 15.5 Å². The summed E-state index contributed by atoms with van der Waals surface area (Å²) >= 11 is 0. The Hall–Kier alpha value is -0.610. The van der Waals surface area contributed by atoms with E-state index >= 15 is 0 Å². The molecule has 4 heteroatoms. The maximum Gasteiger partial charge on any atom is 0.238 e. The molecule has 82 valence electrons. The topological polar surface area (TPSA) is 44.4 Å². The number of nitrogens with one attached hydrogen (secondary N) is 2. The molecule has 0 aromatic heterocycles. The third-order valence-electron chi connectivity index (χ3n) is 2.59. The maximum absolute atomic E-state index is 11.6. The van der Waals surface area contributed by atoms with E-state index < -0.39 is 0 Å². The van der Waals surface area contributed by atoms with Gasteiger partial charge in [0.15, 0.2) is 0 Å². The normalized spacial score (nSPS) is 24.4. The zero-order valence-corrected chi connectivity index (χ0v) is 9.34. The first-order valence-electron chi connectivity index (χ1n) is 5.29. The fourth-order valence-corrected chi connectivity index (χ4v) is 1.81. The number of piperidine rings is 1. The SMILES string of the molecule is CC(NC1CCCNC1)C(=O)N(C)C. The molecule has 0 aliphatic carbocycles. The van der Waals surface area contributed by atoms with Crippen molar-refractivity contribution in [2.24, 2.45) is 0 Å². The van der Waals surface area contributed by atoms with Gasteiger partial charge in [-0.2, -0.15) is 0 Å². The van der Waals surface area contributed by atoms with Crippen LogP contribution in [0.1, 0.15) is 19.8 Å². The summed E-state index contributed by atoms with van der Waals surface area (Å²) in [6.07, 6.45) is 2.36. The predicted octanol–water partition coefficient (Wildman–Crippen LogP) is -0.195. The summed E-state index contributed by atoms with van der Waals surface area (Å²) in [5.74, 6) is 0.149. The highest BCUT2D eigenvalue weighted by Gasteiger charge is 2.20. The minimum absolute atomic E-state index is 0.0742. The molecule has 1 amide bonds. The lowest BCUT2D eigenvalue weighted by molar-refractivity contribution is -0.130. The molecule has 0 saturated carbocycles. The van der Waals surface area contributed by atoms with Crippen LogP contribution < -0.4 is 10.6 Å². The smallest absolute Gasteiger partial charge is 0.238 e. The van der Waals surface area contributed by atoms with E-state index in [9.17, 15) is 4.79 Å². The van der Waals surface area contributed by atoms with Crippen LogP contribution in [0.4, 0.5) is 0 Å². The van der Waals surface area contributed by atoms with Gasteiger partial charge in [0.05, 0.1) is 6.04 Å². The largest absolute Gasteiger partial charge is 0.347 e. The van der Waals surface area contributed by atoms with Gasteiger partial charge in [-0.1, -0.05) is 0 Å². The average Bonchev–Trinajstić information content (AvgIpc) is 2.18. The van der Waals surface area contributed by atoms with Crippen molar-refractivity contribution in [3.63, 3.8) is 0 Å². The van der Waals surface area contributed by atoms with Gasteiger partial charge in [-0.25, -0.2) is 0 Å². The molecule has 0 spiro atoms. The van der Waals surface area contributed by atoms with Gasteiger partial charge in [0.25, 0.3) is 0 Å². The number of rotatable bonds is 3. The van der Waals surface area contributed by atoms with E-state index in [-0.39, 0.29) is 11.9 Å². The molecule has 1 aliphatic heterocycles. The number of carbonyl (C=O) groups is 1. The highest BCUT2D eigenvalue weighted by atomic mass is 16.2. The quantitative estimate of drug-likeness (QED) is 0.662. The summed E-state index contributed by atoms with van der Waals surface area (Å²) in [4.78, 5) is 13.2. The second-order valence-corrected chi connectivity index (χ2v) is 4.16. The Morgan fingerprint density at radius 1 is 1.57 bits per heavy atom. The Morgan fingerprint density at radius 3 is 2.79 bits per heavy atom. The number of carbonyl (C=O) groups excluding carboxylic acids is 1. The van der Waals surface area contributed by atoms with E-state index in [1.165, 1.54) is 6.42 Å². The van der Waals surface area contributed by atoms with Crippen LogP contribution in [0, 0.1) is 0 Å². The van der Waals surface area contributed by atoms with Crippen LogP contribution in [-0.4, -0.2) is 50.1 Å². The van der Waals surface area contributed by atoms with Gasteiger partial charge in [0.2, 0.25) is 5.91 Å². The minimum atomic E-state index is -0.0742. The fraction of sp³-hybridized carbons (Fsp3) is 0.900. The molecule has 1 heterocycles. The maximum atomic E-state index is 11.6. The second kappa shape index (κ2) is 5.32. The third kappa shape index (κ3) is 3.27. The molecule has 1 saturated heterocycles. The number of amides is 1. The first-order chi connectivity index (χ1) is 6.61. The molecular weight excluding hydrogens is 178 g/mol. The van der Waals surface area contributed by atoms with E-state index in [1.54, 1.807) is 19.0 Å². The van der Waals surface area contributed by atoms with E-state index in [4.69, 9.17) is 0 Å². The van der Waals surface area contributed by atoms with Crippen LogP contribution in [-0.2, 0) is 4.79 Å². The highest BCUT2D eigenvalue weighted by Crippen LogP contribution is 2.03. The number of nitrogens with zero attached hydrogens (tertiary/aromatic N) is 1. The standard InChI is InChI=1S/C10H21N3O/c1-8(10(14)13(2)3)12-9-5-4-6-11-7-9/h8-9,11-12H,4-7H2,1-3H3. The Balaban J connectivity index is 2.31. The summed E-state index contributed by atoms with van der Waals surface area (Å²) in [5, 5.41) is 6.67. The van der Waals surface area contributed by atoms with E-state index in [1.807, 2.05) is 6.92 Å². The molecule has 0 aromatic carbocycles. The number of hydrogen-bond acceptors (Lipinski definition) is 3. The summed E-state index contributed by atoms with van der Waals surface area (Å²) in [6, 6.07) is 0.373. The van der Waals surface area contributed by atoms with Gasteiger partial charge in [-0.05, 0) is 26.3 Å². The molecule has 0 bridgehead atoms. The summed E-state index contributed by atoms with van der Waals surface area (Å²) < 4.78 is 0. The monoisotopic (exact) mass is 199 g/mol. The van der Waals surface area contributed by atoms with Crippen molar-refractivity contribution in [2.45, 2.75) is 31.8 Å². The van der Waals surface area contributed by atoms with Crippen molar-refractivity contribution >= 4 is 5.91 Å². The van der Waals surface area contributed by atoms with Crippen molar-refractivity contribution in [1.29, 1.82) is 0 Å². The van der Waals surface area contributed by atoms with E-state index in [0.717, 1.165) is 19.5 Å². The zero-order valence-electron chi connectivity index (χ0n) is 9.34. The molecule has 1 rings (SSSR count). The Bertz CT molecular complexity index is 188. The van der Waals surface area contributed by atoms with E-state index in [2.05, 4.69) is 10.6 Å². The molecule has 4 nitrogen and oxygen atoms in total. The van der Waals surface area contributed by atoms with Crippen LogP contribution in [0.15, 0.2) is 0 Å². The van der Waals surface area contributed by atoms with Gasteiger partial charge in [-0.15, -0.1) is 0 Å². The Labute approximate surface area is 86.0 Å². The fourth-order valence-electron chi connectivity index (χ4n) is 1.81. The zero-order chi connectivity index (χ0) is 10.6. The van der Waals surface area contributed by atoms with Crippen molar-refractivity contribution in [2.75, 3.05) is 27.2 Å². The predicted molar refractivity (Wildman–Crippen MR) is 57.2 cm³/mol. The molecule has 1 fully saturated rings. The Morgan fingerprint density at radius 2 is 2.29 bits per heavy atom. The lowest BCUT2D eigenvalue weighted by Gasteiger charge is -2.27. The lowest BCUT2D eigenvalue weighted by atomic mass is 10.1. The van der Waals surface area contributed by atoms with Crippen molar-refractivity contribution < 1.29 is 4.79 Å². The molecule has 2 unspecified atom stereocenters. The van der Waals surface area contributed by atoms with Gasteiger partial charge in [-0.3, -0.25) is 4.79 Å². The third-order valence-corrected chi connectivity index (χ3v) is 2.59. The van der Waals surface area contributed by atoms with Crippen molar-refractivity contribution in [1.82, 2.24) is 15.5 Å². The molecule has 14 heavy (non-hydrogen) atoms. The molecule has 2 atom stereocenters. The van der Waals surface area contributed by atoms with Crippen LogP contribution >= 0.6 is 0 Å². The number of likely N-dealkylation sites (N-methyl/N-ethyl adjacent to an activating group) is 1. The Kier molecular flexibility index (Phi) is 4.35. The van der Waals surface area contributed by atoms with Gasteiger partial charge in [0.1, 0.15) is 0 Å². The molecule has 2 N–H and O–H groups in total. The van der Waals surface area contributed by atoms with Crippen LogP contribution in [0.2, 0.25) is 0 Å². The van der Waals surface area contributed by atoms with Crippen LogP contribution in [0.3, 0.4) is 0 Å². The summed E-state index contributed by atoms with van der Waals surface area (Å²) in [6.45, 7) is 4.01. The van der Waals surface area contributed by atoms with Crippen LogP contribution in [0.5, 0.6) is 0 Å². The average molecular weight is 199 g/mol. The van der Waals surface area contributed by atoms with E-state index in [0.29, 0.717) is 6.04 Å². The summed E-state index contributed by atoms with van der Waals surface area (Å²) in [5.41, 5.74) is 0. The first kappa shape index (κ1) is 11.5. The molecule has 0 radical (unpaired) electrons. The first-order valence-corrected chi connectivity index (χ1v) is 5.29. The van der Waals surface area contributed by atoms with Gasteiger partial charge >= 0.3 is 0 Å². The van der Waals surface area contributed by atoms with Crippen LogP contribution in [0.25, 0.3) is 0 Å². The van der Waals surface area contributed by atoms with Crippen molar-refractivity contribution in [3.8, 4) is 0 Å². The second-order valence-electron chi connectivity index (χ2n) is 4.16. The lowest BCUT2D eigenvalue weighted by Crippen LogP contribution is -2.51.